The molecule has 3 heteroatoms. The summed E-state index contributed by atoms with van der Waals surface area (Å²) in [6, 6.07) is 10.2. The van der Waals surface area contributed by atoms with Crippen LogP contribution in [0.3, 0.4) is 0 Å². The molecule has 1 aromatic carbocycles. The lowest BCUT2D eigenvalue weighted by atomic mass is 10.1. The van der Waals surface area contributed by atoms with Gasteiger partial charge in [-0.25, -0.2) is 0 Å². The molecule has 2 fully saturated rings. The number of fused-ring (bicyclic) bond motifs is 1. The lowest BCUT2D eigenvalue weighted by Gasteiger charge is -2.15. The van der Waals surface area contributed by atoms with Gasteiger partial charge >= 0.3 is 0 Å². The molecule has 1 saturated carbocycles. The van der Waals surface area contributed by atoms with Gasteiger partial charge in [0, 0.05) is 42.3 Å². The second-order valence-electron chi connectivity index (χ2n) is 6.28. The Balaban J connectivity index is 1.30. The van der Waals surface area contributed by atoms with Crippen LogP contribution >= 0.6 is 0 Å². The Morgan fingerprint density at radius 2 is 2.10 bits per heavy atom. The first kappa shape index (κ1) is 12.4. The molecule has 1 atom stereocenters. The number of benzene rings is 1. The van der Waals surface area contributed by atoms with Crippen LogP contribution in [-0.4, -0.2) is 41.6 Å². The zero-order chi connectivity index (χ0) is 13.4. The molecule has 0 amide bonds. The molecule has 2 aliphatic rings. The number of hydrogen-bond donors (Lipinski definition) is 2. The number of aromatic nitrogens is 1. The van der Waals surface area contributed by atoms with Gasteiger partial charge in [-0.3, -0.25) is 4.90 Å². The maximum atomic E-state index is 3.74. The summed E-state index contributed by atoms with van der Waals surface area (Å²) in [6.45, 7) is 3.65. The summed E-state index contributed by atoms with van der Waals surface area (Å²) in [4.78, 5) is 6.03. The topological polar surface area (TPSA) is 31.1 Å². The minimum atomic E-state index is 0.709. The molecule has 1 saturated heterocycles. The molecule has 4 rings (SSSR count). The molecule has 3 nitrogen and oxygen atoms in total. The van der Waals surface area contributed by atoms with E-state index in [0.717, 1.165) is 19.0 Å². The van der Waals surface area contributed by atoms with Crippen LogP contribution in [0.25, 0.3) is 10.9 Å². The minimum Gasteiger partial charge on any atom is -0.361 e. The Morgan fingerprint density at radius 3 is 3.00 bits per heavy atom. The van der Waals surface area contributed by atoms with Crippen molar-refractivity contribution in [3.8, 4) is 0 Å². The van der Waals surface area contributed by atoms with Crippen molar-refractivity contribution < 1.29 is 0 Å². The quantitative estimate of drug-likeness (QED) is 0.874. The van der Waals surface area contributed by atoms with Gasteiger partial charge in [-0.15, -0.1) is 0 Å². The van der Waals surface area contributed by atoms with Crippen LogP contribution in [0.1, 0.15) is 24.8 Å². The molecular formula is C17H23N3. The third kappa shape index (κ3) is 2.48. The Bertz CT molecular complexity index is 585. The average Bonchev–Trinajstić information content (AvgIpc) is 3.09. The Morgan fingerprint density at radius 1 is 1.20 bits per heavy atom. The fourth-order valence-corrected chi connectivity index (χ4v) is 3.47. The molecule has 1 aromatic heterocycles. The molecule has 1 aliphatic carbocycles. The van der Waals surface area contributed by atoms with Gasteiger partial charge in [-0.05, 0) is 43.9 Å². The van der Waals surface area contributed by atoms with Gasteiger partial charge in [0.25, 0.3) is 0 Å². The van der Waals surface area contributed by atoms with Gasteiger partial charge in [-0.2, -0.15) is 0 Å². The second kappa shape index (κ2) is 5.23. The van der Waals surface area contributed by atoms with Crippen molar-refractivity contribution in [2.75, 3.05) is 19.6 Å². The van der Waals surface area contributed by atoms with E-state index in [9.17, 15) is 0 Å². The van der Waals surface area contributed by atoms with Gasteiger partial charge in [0.15, 0.2) is 0 Å². The van der Waals surface area contributed by atoms with Crippen LogP contribution in [0, 0.1) is 0 Å². The van der Waals surface area contributed by atoms with Gasteiger partial charge < -0.3 is 10.3 Å². The Kier molecular flexibility index (Phi) is 3.25. The first-order valence-electron chi connectivity index (χ1n) is 7.92. The number of hydrogen-bond acceptors (Lipinski definition) is 2. The van der Waals surface area contributed by atoms with Crippen molar-refractivity contribution in [3.05, 3.63) is 36.0 Å². The lowest BCUT2D eigenvalue weighted by molar-refractivity contribution is 0.318. The van der Waals surface area contributed by atoms with Crippen molar-refractivity contribution in [1.82, 2.24) is 15.2 Å². The van der Waals surface area contributed by atoms with E-state index < -0.39 is 0 Å². The number of nitrogens with zero attached hydrogens (tertiary/aromatic N) is 1. The lowest BCUT2D eigenvalue weighted by Crippen LogP contribution is -2.34. The highest BCUT2D eigenvalue weighted by Crippen LogP contribution is 2.29. The standard InChI is InChI=1S/C17H23N3/c1-2-4-17-16(3-1)13(11-19-17)7-9-18-14-8-10-20(12-14)15-5-6-15/h1-4,11,14-15,18-19H,5-10,12H2. The molecule has 1 aliphatic heterocycles. The van der Waals surface area contributed by atoms with Crippen LogP contribution in [0.5, 0.6) is 0 Å². The first-order chi connectivity index (χ1) is 9.90. The fraction of sp³-hybridized carbons (Fsp3) is 0.529. The van der Waals surface area contributed by atoms with Crippen LogP contribution in [-0.2, 0) is 6.42 Å². The SMILES string of the molecule is c1ccc2c(CCNC3CCN(C4CC4)C3)c[nH]c2c1. The molecule has 0 radical (unpaired) electrons. The summed E-state index contributed by atoms with van der Waals surface area (Å²) in [7, 11) is 0. The summed E-state index contributed by atoms with van der Waals surface area (Å²) in [5, 5.41) is 5.12. The molecular weight excluding hydrogens is 246 g/mol. The number of para-hydroxylation sites is 1. The van der Waals surface area contributed by atoms with Crippen LogP contribution in [0.2, 0.25) is 0 Å². The van der Waals surface area contributed by atoms with E-state index in [1.165, 1.54) is 48.8 Å². The van der Waals surface area contributed by atoms with Crippen molar-refractivity contribution >= 4 is 10.9 Å². The van der Waals surface area contributed by atoms with E-state index in [1.54, 1.807) is 0 Å². The van der Waals surface area contributed by atoms with Crippen molar-refractivity contribution in [1.29, 1.82) is 0 Å². The Hall–Kier alpha value is -1.32. The van der Waals surface area contributed by atoms with Crippen molar-refractivity contribution in [2.24, 2.45) is 0 Å². The third-order valence-corrected chi connectivity index (χ3v) is 4.79. The van der Waals surface area contributed by atoms with Crippen molar-refractivity contribution in [3.63, 3.8) is 0 Å². The molecule has 0 bridgehead atoms. The number of H-pyrrole nitrogens is 1. The number of likely N-dealkylation sites (tertiary alicyclic amines) is 1. The summed E-state index contributed by atoms with van der Waals surface area (Å²) in [6.07, 6.45) is 7.47. The van der Waals surface area contributed by atoms with E-state index in [-0.39, 0.29) is 0 Å². The van der Waals surface area contributed by atoms with Gasteiger partial charge in [0.05, 0.1) is 0 Å². The maximum Gasteiger partial charge on any atom is 0.0456 e. The largest absolute Gasteiger partial charge is 0.361 e. The third-order valence-electron chi connectivity index (χ3n) is 4.79. The Labute approximate surface area is 120 Å². The van der Waals surface area contributed by atoms with Crippen LogP contribution in [0.15, 0.2) is 30.5 Å². The average molecular weight is 269 g/mol. The smallest absolute Gasteiger partial charge is 0.0456 e. The van der Waals surface area contributed by atoms with Crippen LogP contribution < -0.4 is 5.32 Å². The highest BCUT2D eigenvalue weighted by Gasteiger charge is 2.33. The normalized spacial score (nSPS) is 23.7. The summed E-state index contributed by atoms with van der Waals surface area (Å²) in [5.74, 6) is 0. The molecule has 0 spiro atoms. The predicted molar refractivity (Wildman–Crippen MR) is 83.0 cm³/mol. The van der Waals surface area contributed by atoms with Crippen molar-refractivity contribution in [2.45, 2.75) is 37.8 Å². The molecule has 2 aromatic rings. The summed E-state index contributed by atoms with van der Waals surface area (Å²) < 4.78 is 0. The second-order valence-corrected chi connectivity index (χ2v) is 6.28. The molecule has 20 heavy (non-hydrogen) atoms. The molecule has 2 N–H and O–H groups in total. The zero-order valence-corrected chi connectivity index (χ0v) is 11.9. The van der Waals surface area contributed by atoms with Gasteiger partial charge in [-0.1, -0.05) is 18.2 Å². The summed E-state index contributed by atoms with van der Waals surface area (Å²) >= 11 is 0. The van der Waals surface area contributed by atoms with E-state index in [1.807, 2.05) is 0 Å². The number of aromatic amines is 1. The number of nitrogens with one attached hydrogen (secondary N) is 2. The predicted octanol–water partition coefficient (Wildman–Crippen LogP) is 2.54. The number of rotatable bonds is 5. The van der Waals surface area contributed by atoms with E-state index >= 15 is 0 Å². The van der Waals surface area contributed by atoms with E-state index in [2.05, 4.69) is 45.7 Å². The highest BCUT2D eigenvalue weighted by molar-refractivity contribution is 5.83. The molecule has 1 unspecified atom stereocenters. The monoisotopic (exact) mass is 269 g/mol. The maximum absolute atomic E-state index is 3.74. The van der Waals surface area contributed by atoms with Gasteiger partial charge in [0.2, 0.25) is 0 Å². The fourth-order valence-electron chi connectivity index (χ4n) is 3.47. The van der Waals surface area contributed by atoms with Crippen LogP contribution in [0.4, 0.5) is 0 Å². The molecule has 2 heterocycles. The zero-order valence-electron chi connectivity index (χ0n) is 11.9. The minimum absolute atomic E-state index is 0.709. The summed E-state index contributed by atoms with van der Waals surface area (Å²) in [5.41, 5.74) is 2.69. The molecule has 106 valence electrons. The first-order valence-corrected chi connectivity index (χ1v) is 7.92. The van der Waals surface area contributed by atoms with E-state index in [0.29, 0.717) is 6.04 Å². The van der Waals surface area contributed by atoms with E-state index in [4.69, 9.17) is 0 Å². The van der Waals surface area contributed by atoms with Gasteiger partial charge in [0.1, 0.15) is 0 Å². The highest BCUT2D eigenvalue weighted by atomic mass is 15.2.